The number of fused-ring (bicyclic) bond motifs is 9. The van der Waals surface area contributed by atoms with Crippen molar-refractivity contribution in [2.45, 2.75) is 38.7 Å². The van der Waals surface area contributed by atoms with Crippen LogP contribution in [0.1, 0.15) is 32.6 Å². The molecule has 4 aliphatic carbocycles. The van der Waals surface area contributed by atoms with Gasteiger partial charge >= 0.3 is 0 Å². The summed E-state index contributed by atoms with van der Waals surface area (Å²) in [5.74, 6) is 6.08. The third-order valence-electron chi connectivity index (χ3n) is 6.46. The average Bonchev–Trinajstić information content (AvgIpc) is 3.01. The first-order valence-electron chi connectivity index (χ1n) is 7.55. The van der Waals surface area contributed by atoms with Crippen LogP contribution in [0.25, 0.3) is 0 Å². The summed E-state index contributed by atoms with van der Waals surface area (Å²) in [4.78, 5) is 0. The minimum Gasteiger partial charge on any atom is -0.393 e. The molecular formula is C15H24O2. The summed E-state index contributed by atoms with van der Waals surface area (Å²) in [6.45, 7) is 3.93. The lowest BCUT2D eigenvalue weighted by atomic mass is 9.67. The molecule has 17 heavy (non-hydrogen) atoms. The zero-order valence-corrected chi connectivity index (χ0v) is 10.7. The fourth-order valence-electron chi connectivity index (χ4n) is 6.17. The first-order chi connectivity index (χ1) is 8.29. The summed E-state index contributed by atoms with van der Waals surface area (Å²) in [6, 6.07) is 0. The second-order valence-corrected chi connectivity index (χ2v) is 6.93. The Morgan fingerprint density at radius 1 is 1.00 bits per heavy atom. The van der Waals surface area contributed by atoms with Gasteiger partial charge in [-0.3, -0.25) is 0 Å². The Labute approximate surface area is 104 Å². The van der Waals surface area contributed by atoms with Gasteiger partial charge in [-0.2, -0.15) is 0 Å². The van der Waals surface area contributed by atoms with E-state index in [1.807, 2.05) is 0 Å². The van der Waals surface area contributed by atoms with Crippen LogP contribution in [0.5, 0.6) is 0 Å². The fourth-order valence-corrected chi connectivity index (χ4v) is 6.17. The predicted molar refractivity (Wildman–Crippen MR) is 65.4 cm³/mol. The maximum Gasteiger partial charge on any atom is 0.0574 e. The standard InChI is InChI=1S/C15H24O2/c1-2-17-7-10-3-8-4-11(10)15-12-5-9(14(8)15)6-13(12)16/h8-16H,2-7H2,1H3/t8?,9?,10?,11?,12?,13?,14?,15-/m0/s1. The van der Waals surface area contributed by atoms with Gasteiger partial charge in [-0.25, -0.2) is 0 Å². The number of ether oxygens (including phenoxy) is 1. The molecule has 0 radical (unpaired) electrons. The molecular weight excluding hydrogens is 212 g/mol. The normalized spacial score (nSPS) is 58.9. The molecule has 0 aromatic carbocycles. The molecule has 4 fully saturated rings. The smallest absolute Gasteiger partial charge is 0.0574 e. The van der Waals surface area contributed by atoms with Crippen molar-refractivity contribution in [1.82, 2.24) is 0 Å². The molecule has 4 aliphatic rings. The van der Waals surface area contributed by atoms with Crippen LogP contribution >= 0.6 is 0 Å². The molecule has 8 atom stereocenters. The highest BCUT2D eigenvalue weighted by Crippen LogP contribution is 2.68. The van der Waals surface area contributed by atoms with Crippen molar-refractivity contribution in [3.63, 3.8) is 0 Å². The van der Waals surface area contributed by atoms with E-state index in [4.69, 9.17) is 4.74 Å². The summed E-state index contributed by atoms with van der Waals surface area (Å²) < 4.78 is 5.66. The van der Waals surface area contributed by atoms with E-state index in [9.17, 15) is 5.11 Å². The molecule has 0 aliphatic heterocycles. The SMILES string of the molecule is CCOCC1CC2CC1[C@H]1C3CC(CC3O)C21. The van der Waals surface area contributed by atoms with Crippen molar-refractivity contribution in [2.75, 3.05) is 13.2 Å². The van der Waals surface area contributed by atoms with E-state index in [1.165, 1.54) is 19.3 Å². The Morgan fingerprint density at radius 3 is 2.59 bits per heavy atom. The van der Waals surface area contributed by atoms with Gasteiger partial charge in [0.2, 0.25) is 0 Å². The Kier molecular flexibility index (Phi) is 2.36. The molecule has 0 saturated heterocycles. The molecule has 0 amide bonds. The van der Waals surface area contributed by atoms with Crippen molar-refractivity contribution in [3.05, 3.63) is 0 Å². The van der Waals surface area contributed by atoms with Gasteiger partial charge in [0.25, 0.3) is 0 Å². The maximum absolute atomic E-state index is 10.1. The van der Waals surface area contributed by atoms with Gasteiger partial charge in [-0.1, -0.05) is 0 Å². The van der Waals surface area contributed by atoms with Crippen molar-refractivity contribution in [3.8, 4) is 0 Å². The van der Waals surface area contributed by atoms with Gasteiger partial charge in [0.1, 0.15) is 0 Å². The monoisotopic (exact) mass is 236 g/mol. The lowest BCUT2D eigenvalue weighted by Crippen LogP contribution is -2.39. The van der Waals surface area contributed by atoms with Crippen LogP contribution in [-0.4, -0.2) is 24.4 Å². The van der Waals surface area contributed by atoms with Gasteiger partial charge in [0, 0.05) is 13.2 Å². The largest absolute Gasteiger partial charge is 0.393 e. The minimum atomic E-state index is 0.0355. The van der Waals surface area contributed by atoms with Gasteiger partial charge in [0.15, 0.2) is 0 Å². The van der Waals surface area contributed by atoms with E-state index in [0.717, 1.165) is 55.1 Å². The predicted octanol–water partition coefficient (Wildman–Crippen LogP) is 2.31. The first kappa shape index (κ1) is 10.8. The topological polar surface area (TPSA) is 29.5 Å². The van der Waals surface area contributed by atoms with Crippen molar-refractivity contribution in [1.29, 1.82) is 0 Å². The third-order valence-corrected chi connectivity index (χ3v) is 6.46. The lowest BCUT2D eigenvalue weighted by Gasteiger charge is -2.40. The third kappa shape index (κ3) is 1.34. The summed E-state index contributed by atoms with van der Waals surface area (Å²) in [7, 11) is 0. The summed E-state index contributed by atoms with van der Waals surface area (Å²) in [5.41, 5.74) is 0. The Morgan fingerprint density at radius 2 is 1.76 bits per heavy atom. The van der Waals surface area contributed by atoms with Crippen LogP contribution in [0.4, 0.5) is 0 Å². The van der Waals surface area contributed by atoms with Gasteiger partial charge in [-0.15, -0.1) is 0 Å². The van der Waals surface area contributed by atoms with Crippen LogP contribution in [0.3, 0.4) is 0 Å². The quantitative estimate of drug-likeness (QED) is 0.762. The van der Waals surface area contributed by atoms with E-state index < -0.39 is 0 Å². The lowest BCUT2D eigenvalue weighted by molar-refractivity contribution is -0.00680. The number of hydrogen-bond acceptors (Lipinski definition) is 2. The zero-order chi connectivity index (χ0) is 11.6. The zero-order valence-electron chi connectivity index (χ0n) is 10.7. The van der Waals surface area contributed by atoms with E-state index >= 15 is 0 Å². The van der Waals surface area contributed by atoms with Crippen molar-refractivity contribution < 1.29 is 9.84 Å². The molecule has 2 nitrogen and oxygen atoms in total. The Balaban J connectivity index is 1.53. The van der Waals surface area contributed by atoms with Gasteiger partial charge in [-0.05, 0) is 74.0 Å². The molecule has 0 spiro atoms. The van der Waals surface area contributed by atoms with Gasteiger partial charge < -0.3 is 9.84 Å². The van der Waals surface area contributed by atoms with E-state index in [-0.39, 0.29) is 6.10 Å². The van der Waals surface area contributed by atoms with E-state index in [1.54, 1.807) is 0 Å². The molecule has 4 saturated carbocycles. The molecule has 2 heteroatoms. The van der Waals surface area contributed by atoms with Crippen LogP contribution in [0, 0.1) is 41.4 Å². The molecule has 96 valence electrons. The average molecular weight is 236 g/mol. The molecule has 0 aromatic rings. The van der Waals surface area contributed by atoms with Crippen LogP contribution in [0.2, 0.25) is 0 Å². The Bertz CT molecular complexity index is 314. The molecule has 7 unspecified atom stereocenters. The highest BCUT2D eigenvalue weighted by atomic mass is 16.5. The second kappa shape index (κ2) is 3.71. The maximum atomic E-state index is 10.1. The minimum absolute atomic E-state index is 0.0355. The molecule has 0 aromatic heterocycles. The number of hydrogen-bond donors (Lipinski definition) is 1. The van der Waals surface area contributed by atoms with Crippen molar-refractivity contribution >= 4 is 0 Å². The summed E-state index contributed by atoms with van der Waals surface area (Å²) in [6.07, 6.45) is 5.36. The summed E-state index contributed by atoms with van der Waals surface area (Å²) in [5, 5.41) is 10.1. The highest BCUT2D eigenvalue weighted by molar-refractivity contribution is 5.12. The van der Waals surface area contributed by atoms with Gasteiger partial charge in [0.05, 0.1) is 6.10 Å². The number of aliphatic hydroxyl groups excluding tert-OH is 1. The van der Waals surface area contributed by atoms with E-state index in [2.05, 4.69) is 6.92 Å². The molecule has 0 heterocycles. The van der Waals surface area contributed by atoms with E-state index in [0.29, 0.717) is 5.92 Å². The highest BCUT2D eigenvalue weighted by Gasteiger charge is 2.64. The summed E-state index contributed by atoms with van der Waals surface area (Å²) >= 11 is 0. The van der Waals surface area contributed by atoms with Crippen LogP contribution in [-0.2, 0) is 4.74 Å². The van der Waals surface area contributed by atoms with Crippen molar-refractivity contribution in [2.24, 2.45) is 41.4 Å². The van der Waals surface area contributed by atoms with Crippen LogP contribution < -0.4 is 0 Å². The second-order valence-electron chi connectivity index (χ2n) is 6.93. The van der Waals surface area contributed by atoms with Crippen LogP contribution in [0.15, 0.2) is 0 Å². The molecule has 1 N–H and O–H groups in total. The first-order valence-corrected chi connectivity index (χ1v) is 7.55. The molecule has 4 bridgehead atoms. The number of rotatable bonds is 3. The fraction of sp³-hybridized carbons (Fsp3) is 1.00. The molecule has 4 rings (SSSR count). The number of aliphatic hydroxyl groups is 1. The Hall–Kier alpha value is -0.0800.